The van der Waals surface area contributed by atoms with Crippen molar-refractivity contribution in [3.8, 4) is 5.69 Å². The summed E-state index contributed by atoms with van der Waals surface area (Å²) in [6, 6.07) is 10.7. The molecule has 1 aromatic heterocycles. The van der Waals surface area contributed by atoms with Crippen LogP contribution in [0.15, 0.2) is 42.6 Å². The maximum atomic E-state index is 12.5. The number of carbonyl (C=O) groups is 1. The summed E-state index contributed by atoms with van der Waals surface area (Å²) >= 11 is 0. The number of benzene rings is 1. The lowest BCUT2D eigenvalue weighted by molar-refractivity contribution is 0.0893. The minimum Gasteiger partial charge on any atom is -0.321 e. The summed E-state index contributed by atoms with van der Waals surface area (Å²) in [6.07, 6.45) is 1.62. The minimum absolute atomic E-state index is 0.0890. The molecule has 2 aromatic rings. The van der Waals surface area contributed by atoms with Gasteiger partial charge in [-0.1, -0.05) is 39.0 Å². The van der Waals surface area contributed by atoms with E-state index in [9.17, 15) is 4.79 Å². The van der Waals surface area contributed by atoms with Crippen molar-refractivity contribution in [2.24, 2.45) is 11.1 Å². The molecule has 0 bridgehead atoms. The zero-order valence-electron chi connectivity index (χ0n) is 11.5. The fraction of sp³-hybridized carbons (Fsp3) is 0.333. The number of nitrogens with zero attached hydrogens (tertiary/aromatic N) is 2. The number of ketones is 1. The van der Waals surface area contributed by atoms with Gasteiger partial charge in [0.2, 0.25) is 0 Å². The van der Waals surface area contributed by atoms with E-state index in [1.54, 1.807) is 16.9 Å². The number of hydrogen-bond acceptors (Lipinski definition) is 3. The van der Waals surface area contributed by atoms with Crippen molar-refractivity contribution in [1.29, 1.82) is 0 Å². The van der Waals surface area contributed by atoms with E-state index in [2.05, 4.69) is 5.10 Å². The second-order valence-corrected chi connectivity index (χ2v) is 5.67. The van der Waals surface area contributed by atoms with Crippen LogP contribution in [0.3, 0.4) is 0 Å². The van der Waals surface area contributed by atoms with Crippen molar-refractivity contribution in [3.05, 3.63) is 48.3 Å². The van der Waals surface area contributed by atoms with Crippen molar-refractivity contribution >= 4 is 5.78 Å². The van der Waals surface area contributed by atoms with E-state index in [-0.39, 0.29) is 11.2 Å². The maximum absolute atomic E-state index is 12.5. The zero-order chi connectivity index (χ0) is 14.0. The average Bonchev–Trinajstić information content (AvgIpc) is 2.86. The van der Waals surface area contributed by atoms with Crippen LogP contribution in [0.2, 0.25) is 0 Å². The molecule has 2 rings (SSSR count). The SMILES string of the molecule is CC(C)(C)C(N)C(=O)c1ccnn1-c1ccccc1. The van der Waals surface area contributed by atoms with Gasteiger partial charge in [0.25, 0.3) is 0 Å². The van der Waals surface area contributed by atoms with Crippen LogP contribution in [0.1, 0.15) is 31.3 Å². The molecule has 0 saturated carbocycles. The molecule has 0 aliphatic heterocycles. The summed E-state index contributed by atoms with van der Waals surface area (Å²) in [5.74, 6) is -0.0890. The highest BCUT2D eigenvalue weighted by atomic mass is 16.1. The predicted octanol–water partition coefficient (Wildman–Crippen LogP) is 2.43. The van der Waals surface area contributed by atoms with Crippen molar-refractivity contribution in [2.75, 3.05) is 0 Å². The molecule has 0 aliphatic rings. The number of aromatic nitrogens is 2. The topological polar surface area (TPSA) is 60.9 Å². The summed E-state index contributed by atoms with van der Waals surface area (Å²) in [4.78, 5) is 12.5. The van der Waals surface area contributed by atoms with Gasteiger partial charge in [0.1, 0.15) is 5.69 Å². The van der Waals surface area contributed by atoms with Gasteiger partial charge in [-0.25, -0.2) is 4.68 Å². The van der Waals surface area contributed by atoms with Gasteiger partial charge in [0, 0.05) is 0 Å². The van der Waals surface area contributed by atoms with Crippen LogP contribution in [-0.2, 0) is 0 Å². The van der Waals surface area contributed by atoms with Crippen molar-refractivity contribution in [3.63, 3.8) is 0 Å². The number of hydrogen-bond donors (Lipinski definition) is 1. The number of nitrogens with two attached hydrogens (primary N) is 1. The fourth-order valence-electron chi connectivity index (χ4n) is 1.82. The van der Waals surface area contributed by atoms with Crippen molar-refractivity contribution < 1.29 is 4.79 Å². The van der Waals surface area contributed by atoms with Gasteiger partial charge in [0.15, 0.2) is 5.78 Å². The van der Waals surface area contributed by atoms with Gasteiger partial charge < -0.3 is 5.73 Å². The van der Waals surface area contributed by atoms with Crippen molar-refractivity contribution in [1.82, 2.24) is 9.78 Å². The Kier molecular flexibility index (Phi) is 3.53. The molecule has 0 spiro atoms. The molecule has 0 radical (unpaired) electrons. The molecule has 0 aliphatic carbocycles. The molecule has 19 heavy (non-hydrogen) atoms. The second-order valence-electron chi connectivity index (χ2n) is 5.67. The summed E-state index contributed by atoms with van der Waals surface area (Å²) in [5, 5.41) is 4.21. The second kappa shape index (κ2) is 4.97. The van der Waals surface area contributed by atoms with Crippen LogP contribution in [0, 0.1) is 5.41 Å². The van der Waals surface area contributed by atoms with E-state index in [0.29, 0.717) is 5.69 Å². The smallest absolute Gasteiger partial charge is 0.198 e. The molecule has 4 nitrogen and oxygen atoms in total. The highest BCUT2D eigenvalue weighted by molar-refractivity contribution is 5.99. The van der Waals surface area contributed by atoms with E-state index in [1.165, 1.54) is 0 Å². The molecule has 100 valence electrons. The molecule has 1 unspecified atom stereocenters. The average molecular weight is 257 g/mol. The summed E-state index contributed by atoms with van der Waals surface area (Å²) in [6.45, 7) is 5.87. The van der Waals surface area contributed by atoms with Crippen LogP contribution in [0.4, 0.5) is 0 Å². The van der Waals surface area contributed by atoms with Gasteiger partial charge in [-0.15, -0.1) is 0 Å². The molecular formula is C15H19N3O. The Balaban J connectivity index is 2.38. The minimum atomic E-state index is -0.549. The lowest BCUT2D eigenvalue weighted by Crippen LogP contribution is -2.43. The number of carbonyl (C=O) groups excluding carboxylic acids is 1. The maximum Gasteiger partial charge on any atom is 0.198 e. The van der Waals surface area contributed by atoms with E-state index >= 15 is 0 Å². The van der Waals surface area contributed by atoms with Crippen LogP contribution in [-0.4, -0.2) is 21.6 Å². The molecule has 0 amide bonds. The first-order valence-corrected chi connectivity index (χ1v) is 6.30. The molecular weight excluding hydrogens is 238 g/mol. The standard InChI is InChI=1S/C15H19N3O/c1-15(2,3)14(16)13(19)12-9-10-17-18(12)11-7-5-4-6-8-11/h4-10,14H,16H2,1-3H3. The van der Waals surface area contributed by atoms with Crippen LogP contribution >= 0.6 is 0 Å². The highest BCUT2D eigenvalue weighted by Gasteiger charge is 2.30. The Labute approximate surface area is 113 Å². The van der Waals surface area contributed by atoms with Gasteiger partial charge in [-0.3, -0.25) is 4.79 Å². The number of Topliss-reactive ketones (excluding diaryl/α,β-unsaturated/α-hetero) is 1. The Morgan fingerprint density at radius 2 is 1.84 bits per heavy atom. The van der Waals surface area contributed by atoms with Gasteiger partial charge >= 0.3 is 0 Å². The molecule has 1 heterocycles. The van der Waals surface area contributed by atoms with E-state index in [0.717, 1.165) is 5.69 Å². The summed E-state index contributed by atoms with van der Waals surface area (Å²) < 4.78 is 1.63. The van der Waals surface area contributed by atoms with Crippen molar-refractivity contribution in [2.45, 2.75) is 26.8 Å². The van der Waals surface area contributed by atoms with E-state index < -0.39 is 6.04 Å². The number of rotatable bonds is 3. The molecule has 2 N–H and O–H groups in total. The zero-order valence-corrected chi connectivity index (χ0v) is 11.5. The Morgan fingerprint density at radius 3 is 2.42 bits per heavy atom. The van der Waals surface area contributed by atoms with Gasteiger partial charge in [-0.05, 0) is 23.6 Å². The largest absolute Gasteiger partial charge is 0.321 e. The molecule has 1 atom stereocenters. The molecule has 0 fully saturated rings. The first kappa shape index (κ1) is 13.5. The van der Waals surface area contributed by atoms with Gasteiger partial charge in [-0.2, -0.15) is 5.10 Å². The molecule has 0 saturated heterocycles. The van der Waals surface area contributed by atoms with E-state index in [4.69, 9.17) is 5.73 Å². The highest BCUT2D eigenvalue weighted by Crippen LogP contribution is 2.21. The third kappa shape index (κ3) is 2.74. The third-order valence-electron chi connectivity index (χ3n) is 3.11. The lowest BCUT2D eigenvalue weighted by Gasteiger charge is -2.25. The lowest BCUT2D eigenvalue weighted by atomic mass is 9.84. The monoisotopic (exact) mass is 257 g/mol. The summed E-state index contributed by atoms with van der Waals surface area (Å²) in [5.41, 5.74) is 7.15. The van der Waals surface area contributed by atoms with Crippen LogP contribution in [0.25, 0.3) is 5.69 Å². The molecule has 4 heteroatoms. The van der Waals surface area contributed by atoms with Crippen LogP contribution < -0.4 is 5.73 Å². The predicted molar refractivity (Wildman–Crippen MR) is 75.3 cm³/mol. The third-order valence-corrected chi connectivity index (χ3v) is 3.11. The first-order valence-electron chi connectivity index (χ1n) is 6.30. The molecule has 1 aromatic carbocycles. The summed E-state index contributed by atoms with van der Waals surface area (Å²) in [7, 11) is 0. The first-order chi connectivity index (χ1) is 8.91. The normalized spacial score (nSPS) is 13.3. The Hall–Kier alpha value is -1.94. The van der Waals surface area contributed by atoms with Crippen LogP contribution in [0.5, 0.6) is 0 Å². The number of para-hydroxylation sites is 1. The van der Waals surface area contributed by atoms with E-state index in [1.807, 2.05) is 51.1 Å². The Morgan fingerprint density at radius 1 is 1.21 bits per heavy atom. The fourth-order valence-corrected chi connectivity index (χ4v) is 1.82. The quantitative estimate of drug-likeness (QED) is 0.859. The Bertz CT molecular complexity index is 567. The van der Waals surface area contributed by atoms with Gasteiger partial charge in [0.05, 0.1) is 17.9 Å².